The van der Waals surface area contributed by atoms with Gasteiger partial charge in [0.1, 0.15) is 0 Å². The van der Waals surface area contributed by atoms with Gasteiger partial charge in [-0.15, -0.1) is 0 Å². The molecule has 1 heterocycles. The summed E-state index contributed by atoms with van der Waals surface area (Å²) in [5.74, 6) is 1.24. The molecule has 0 unspecified atom stereocenters. The van der Waals surface area contributed by atoms with E-state index in [0.717, 1.165) is 22.4 Å². The SMILES string of the molecule is COc1cc(C)c(/C=C2/C(=O)Nc3ccccc32)cc1OC. The molecule has 0 spiro atoms. The lowest BCUT2D eigenvalue weighted by Gasteiger charge is -2.11. The molecule has 4 heteroatoms. The molecule has 0 bridgehead atoms. The molecule has 1 aliphatic heterocycles. The van der Waals surface area contributed by atoms with Gasteiger partial charge in [-0.3, -0.25) is 4.79 Å². The highest BCUT2D eigenvalue weighted by Crippen LogP contribution is 2.36. The summed E-state index contributed by atoms with van der Waals surface area (Å²) in [5, 5.41) is 2.88. The lowest BCUT2D eigenvalue weighted by molar-refractivity contribution is -0.110. The lowest BCUT2D eigenvalue weighted by atomic mass is 10.0. The van der Waals surface area contributed by atoms with Crippen molar-refractivity contribution in [3.63, 3.8) is 0 Å². The number of hydrogen-bond acceptors (Lipinski definition) is 3. The number of rotatable bonds is 3. The van der Waals surface area contributed by atoms with Gasteiger partial charge in [0.2, 0.25) is 0 Å². The van der Waals surface area contributed by atoms with Crippen LogP contribution < -0.4 is 14.8 Å². The first kappa shape index (κ1) is 14.2. The molecule has 22 heavy (non-hydrogen) atoms. The number of methoxy groups -OCH3 is 2. The van der Waals surface area contributed by atoms with Gasteiger partial charge >= 0.3 is 0 Å². The number of ether oxygens (including phenoxy) is 2. The van der Waals surface area contributed by atoms with Crippen molar-refractivity contribution in [2.75, 3.05) is 19.5 Å². The fraction of sp³-hybridized carbons (Fsp3) is 0.167. The second-order valence-electron chi connectivity index (χ2n) is 5.12. The average Bonchev–Trinajstić information content (AvgIpc) is 2.84. The van der Waals surface area contributed by atoms with Gasteiger partial charge in [-0.25, -0.2) is 0 Å². The molecule has 0 aromatic heterocycles. The highest BCUT2D eigenvalue weighted by molar-refractivity contribution is 6.34. The minimum absolute atomic E-state index is 0.0876. The number of hydrogen-bond donors (Lipinski definition) is 1. The molecule has 3 rings (SSSR count). The van der Waals surface area contributed by atoms with Gasteiger partial charge < -0.3 is 14.8 Å². The van der Waals surface area contributed by atoms with Crippen molar-refractivity contribution in [1.29, 1.82) is 0 Å². The maximum atomic E-state index is 12.2. The van der Waals surface area contributed by atoms with Gasteiger partial charge in [-0.05, 0) is 42.3 Å². The lowest BCUT2D eigenvalue weighted by Crippen LogP contribution is -2.03. The number of fused-ring (bicyclic) bond motifs is 1. The van der Waals surface area contributed by atoms with Crippen molar-refractivity contribution >= 4 is 23.2 Å². The van der Waals surface area contributed by atoms with E-state index in [4.69, 9.17) is 9.47 Å². The fourth-order valence-corrected chi connectivity index (χ4v) is 2.59. The molecule has 1 amide bonds. The van der Waals surface area contributed by atoms with Crippen LogP contribution in [0.25, 0.3) is 11.6 Å². The number of carbonyl (C=O) groups excluding carboxylic acids is 1. The normalized spacial score (nSPS) is 14.7. The number of benzene rings is 2. The second-order valence-corrected chi connectivity index (χ2v) is 5.12. The third kappa shape index (κ3) is 2.33. The molecule has 0 radical (unpaired) electrons. The smallest absolute Gasteiger partial charge is 0.256 e. The zero-order valence-corrected chi connectivity index (χ0v) is 12.8. The first-order chi connectivity index (χ1) is 10.6. The zero-order valence-electron chi connectivity index (χ0n) is 12.8. The van der Waals surface area contributed by atoms with E-state index in [2.05, 4.69) is 5.32 Å². The standard InChI is InChI=1S/C18H17NO3/c1-11-8-16(21-2)17(22-3)10-12(11)9-14-13-6-4-5-7-15(13)19-18(14)20/h4-10H,1-3H3,(H,19,20)/b14-9+. The van der Waals surface area contributed by atoms with E-state index in [1.807, 2.05) is 49.4 Å². The van der Waals surface area contributed by atoms with Crippen LogP contribution in [0.4, 0.5) is 5.69 Å². The first-order valence-corrected chi connectivity index (χ1v) is 6.99. The van der Waals surface area contributed by atoms with Crippen LogP contribution in [0.15, 0.2) is 36.4 Å². The Bertz CT molecular complexity index is 778. The summed E-state index contributed by atoms with van der Waals surface area (Å²) in [7, 11) is 3.21. The number of para-hydroxylation sites is 1. The Kier molecular flexibility index (Phi) is 3.59. The summed E-state index contributed by atoms with van der Waals surface area (Å²) < 4.78 is 10.6. The molecule has 1 aliphatic rings. The largest absolute Gasteiger partial charge is 0.493 e. The van der Waals surface area contributed by atoms with E-state index in [-0.39, 0.29) is 5.91 Å². The molecular weight excluding hydrogens is 278 g/mol. The molecule has 2 aromatic carbocycles. The Balaban J connectivity index is 2.11. The van der Waals surface area contributed by atoms with Crippen LogP contribution in [-0.2, 0) is 4.79 Å². The van der Waals surface area contributed by atoms with Crippen molar-refractivity contribution in [3.05, 3.63) is 53.1 Å². The minimum Gasteiger partial charge on any atom is -0.493 e. The molecule has 112 valence electrons. The van der Waals surface area contributed by atoms with E-state index in [0.29, 0.717) is 17.1 Å². The minimum atomic E-state index is -0.0876. The molecular formula is C18H17NO3. The zero-order chi connectivity index (χ0) is 15.7. The van der Waals surface area contributed by atoms with E-state index in [1.54, 1.807) is 14.2 Å². The summed E-state index contributed by atoms with van der Waals surface area (Å²) in [4.78, 5) is 12.2. The van der Waals surface area contributed by atoms with Crippen molar-refractivity contribution < 1.29 is 14.3 Å². The molecule has 0 saturated carbocycles. The molecule has 2 aromatic rings. The summed E-state index contributed by atoms with van der Waals surface area (Å²) in [6.45, 7) is 1.98. The average molecular weight is 295 g/mol. The molecule has 4 nitrogen and oxygen atoms in total. The van der Waals surface area contributed by atoms with E-state index >= 15 is 0 Å². The van der Waals surface area contributed by atoms with Gasteiger partial charge in [0.25, 0.3) is 5.91 Å². The monoisotopic (exact) mass is 295 g/mol. The van der Waals surface area contributed by atoms with Crippen LogP contribution in [0.1, 0.15) is 16.7 Å². The van der Waals surface area contributed by atoms with Crippen molar-refractivity contribution in [3.8, 4) is 11.5 Å². The van der Waals surface area contributed by atoms with Crippen LogP contribution >= 0.6 is 0 Å². The Morgan fingerprint density at radius 1 is 1.05 bits per heavy atom. The quantitative estimate of drug-likeness (QED) is 0.882. The molecule has 0 atom stereocenters. The van der Waals surface area contributed by atoms with Gasteiger partial charge in [-0.2, -0.15) is 0 Å². The highest BCUT2D eigenvalue weighted by Gasteiger charge is 2.23. The van der Waals surface area contributed by atoms with Gasteiger partial charge in [0.05, 0.1) is 14.2 Å². The van der Waals surface area contributed by atoms with Crippen molar-refractivity contribution in [2.24, 2.45) is 0 Å². The Labute approximate surface area is 129 Å². The van der Waals surface area contributed by atoms with Crippen LogP contribution in [-0.4, -0.2) is 20.1 Å². The Morgan fingerprint density at radius 3 is 2.45 bits per heavy atom. The van der Waals surface area contributed by atoms with Gasteiger partial charge in [-0.1, -0.05) is 18.2 Å². The van der Waals surface area contributed by atoms with Crippen LogP contribution in [0.5, 0.6) is 11.5 Å². The summed E-state index contributed by atoms with van der Waals surface area (Å²) >= 11 is 0. The van der Waals surface area contributed by atoms with Crippen LogP contribution in [0.2, 0.25) is 0 Å². The first-order valence-electron chi connectivity index (χ1n) is 6.99. The van der Waals surface area contributed by atoms with E-state index in [1.165, 1.54) is 0 Å². The number of amides is 1. The van der Waals surface area contributed by atoms with E-state index < -0.39 is 0 Å². The van der Waals surface area contributed by atoms with Gasteiger partial charge in [0.15, 0.2) is 11.5 Å². The maximum absolute atomic E-state index is 12.2. The maximum Gasteiger partial charge on any atom is 0.256 e. The van der Waals surface area contributed by atoms with Crippen LogP contribution in [0.3, 0.4) is 0 Å². The third-order valence-electron chi connectivity index (χ3n) is 3.78. The Hall–Kier alpha value is -2.75. The number of nitrogens with one attached hydrogen (secondary N) is 1. The predicted octanol–water partition coefficient (Wildman–Crippen LogP) is 3.50. The summed E-state index contributed by atoms with van der Waals surface area (Å²) in [5.41, 5.74) is 4.37. The Morgan fingerprint density at radius 2 is 1.73 bits per heavy atom. The van der Waals surface area contributed by atoms with Gasteiger partial charge in [0, 0.05) is 16.8 Å². The fourth-order valence-electron chi connectivity index (χ4n) is 2.59. The molecule has 0 fully saturated rings. The summed E-state index contributed by atoms with van der Waals surface area (Å²) in [6, 6.07) is 11.5. The number of aryl methyl sites for hydroxylation is 1. The number of carbonyl (C=O) groups is 1. The van der Waals surface area contributed by atoms with Crippen molar-refractivity contribution in [1.82, 2.24) is 0 Å². The van der Waals surface area contributed by atoms with Crippen molar-refractivity contribution in [2.45, 2.75) is 6.92 Å². The topological polar surface area (TPSA) is 47.6 Å². The predicted molar refractivity (Wildman–Crippen MR) is 87.2 cm³/mol. The highest BCUT2D eigenvalue weighted by atomic mass is 16.5. The molecule has 0 saturated heterocycles. The third-order valence-corrected chi connectivity index (χ3v) is 3.78. The summed E-state index contributed by atoms with van der Waals surface area (Å²) in [6.07, 6.45) is 1.89. The number of anilines is 1. The van der Waals surface area contributed by atoms with Crippen LogP contribution in [0, 0.1) is 6.92 Å². The molecule has 0 aliphatic carbocycles. The van der Waals surface area contributed by atoms with E-state index in [9.17, 15) is 4.79 Å². The second kappa shape index (κ2) is 5.56. The molecule has 1 N–H and O–H groups in total.